The van der Waals surface area contributed by atoms with Gasteiger partial charge in [-0.3, -0.25) is 19.3 Å². The summed E-state index contributed by atoms with van der Waals surface area (Å²) in [5, 5.41) is 12.8. The second-order valence-electron chi connectivity index (χ2n) is 7.76. The molecule has 9 nitrogen and oxygen atoms in total. The molecule has 0 radical (unpaired) electrons. The first-order valence-electron chi connectivity index (χ1n) is 10.7. The van der Waals surface area contributed by atoms with Crippen LogP contribution >= 0.6 is 0 Å². The number of hydrogen-bond acceptors (Lipinski definition) is 5. The van der Waals surface area contributed by atoms with Crippen molar-refractivity contribution in [1.82, 2.24) is 14.7 Å². The molecule has 3 N–H and O–H groups in total. The van der Waals surface area contributed by atoms with Crippen molar-refractivity contribution >= 4 is 34.9 Å². The summed E-state index contributed by atoms with van der Waals surface area (Å²) in [7, 11) is 0. The van der Waals surface area contributed by atoms with E-state index >= 15 is 0 Å². The summed E-state index contributed by atoms with van der Waals surface area (Å²) in [4.78, 5) is 37.8. The Balaban J connectivity index is 1.49. The minimum atomic E-state index is -0.210. The number of anilines is 3. The first-order valence-corrected chi connectivity index (χ1v) is 10.7. The molecule has 166 valence electrons. The van der Waals surface area contributed by atoms with Crippen molar-refractivity contribution in [2.45, 2.75) is 45.6 Å². The summed E-state index contributed by atoms with van der Waals surface area (Å²) in [6.45, 7) is 4.12. The van der Waals surface area contributed by atoms with Crippen LogP contribution in [-0.4, -0.2) is 52.0 Å². The van der Waals surface area contributed by atoms with Gasteiger partial charge < -0.3 is 16.0 Å². The highest BCUT2D eigenvalue weighted by molar-refractivity contribution is 5.95. The molecule has 0 bridgehead atoms. The first kappa shape index (κ1) is 22.5. The summed E-state index contributed by atoms with van der Waals surface area (Å²) in [6, 6.07) is 9.03. The molecule has 0 unspecified atom stereocenters. The molecule has 1 aromatic carbocycles. The molecule has 9 heteroatoms. The quantitative estimate of drug-likeness (QED) is 0.571. The molecule has 0 spiro atoms. The van der Waals surface area contributed by atoms with Crippen molar-refractivity contribution in [1.29, 1.82) is 0 Å². The van der Waals surface area contributed by atoms with E-state index in [4.69, 9.17) is 0 Å². The number of likely N-dealkylation sites (N-methyl/N-ethyl adjacent to an activating group) is 1. The molecule has 0 aliphatic heterocycles. The van der Waals surface area contributed by atoms with Gasteiger partial charge in [-0.05, 0) is 43.7 Å². The fourth-order valence-corrected chi connectivity index (χ4v) is 3.76. The van der Waals surface area contributed by atoms with E-state index < -0.39 is 0 Å². The summed E-state index contributed by atoms with van der Waals surface area (Å²) >= 11 is 0. The molecule has 1 heterocycles. The van der Waals surface area contributed by atoms with Crippen LogP contribution in [0.25, 0.3) is 0 Å². The Kier molecular flexibility index (Phi) is 7.77. The predicted molar refractivity (Wildman–Crippen MR) is 120 cm³/mol. The number of aromatic nitrogens is 2. The highest BCUT2D eigenvalue weighted by atomic mass is 16.2. The largest absolute Gasteiger partial charge is 0.326 e. The van der Waals surface area contributed by atoms with Crippen molar-refractivity contribution in [3.8, 4) is 0 Å². The van der Waals surface area contributed by atoms with E-state index in [9.17, 15) is 14.4 Å². The molecule has 3 rings (SSSR count). The third kappa shape index (κ3) is 6.65. The zero-order valence-corrected chi connectivity index (χ0v) is 18.1. The molecule has 1 saturated carbocycles. The Morgan fingerprint density at radius 1 is 0.968 bits per heavy atom. The van der Waals surface area contributed by atoms with Gasteiger partial charge in [-0.25, -0.2) is 4.68 Å². The van der Waals surface area contributed by atoms with Gasteiger partial charge in [0.05, 0.1) is 25.3 Å². The zero-order chi connectivity index (χ0) is 22.2. The first-order chi connectivity index (χ1) is 14.9. The van der Waals surface area contributed by atoms with Crippen molar-refractivity contribution in [2.24, 2.45) is 0 Å². The van der Waals surface area contributed by atoms with Crippen molar-refractivity contribution in [2.75, 3.05) is 35.6 Å². The van der Waals surface area contributed by atoms with Crippen LogP contribution in [0.4, 0.5) is 17.2 Å². The Labute approximate surface area is 182 Å². The van der Waals surface area contributed by atoms with Crippen LogP contribution < -0.4 is 16.0 Å². The third-order valence-corrected chi connectivity index (χ3v) is 5.28. The molecular formula is C22H30N6O3. The summed E-state index contributed by atoms with van der Waals surface area (Å²) in [5.74, 6) is 0.170. The van der Waals surface area contributed by atoms with Gasteiger partial charge in [-0.1, -0.05) is 19.8 Å². The highest BCUT2D eigenvalue weighted by Gasteiger charge is 2.21. The van der Waals surface area contributed by atoms with Crippen LogP contribution in [0.15, 0.2) is 36.5 Å². The normalized spacial score (nSPS) is 13.9. The molecule has 0 atom stereocenters. The van der Waals surface area contributed by atoms with E-state index in [2.05, 4.69) is 21.0 Å². The lowest BCUT2D eigenvalue weighted by atomic mass is 10.2. The summed E-state index contributed by atoms with van der Waals surface area (Å²) < 4.78 is 1.90. The van der Waals surface area contributed by atoms with Crippen molar-refractivity contribution in [3.05, 3.63) is 36.5 Å². The number of carbonyl (C=O) groups excluding carboxylic acids is 3. The third-order valence-electron chi connectivity index (χ3n) is 5.28. The van der Waals surface area contributed by atoms with Gasteiger partial charge in [-0.2, -0.15) is 5.10 Å². The van der Waals surface area contributed by atoms with Gasteiger partial charge in [0.15, 0.2) is 0 Å². The van der Waals surface area contributed by atoms with Gasteiger partial charge in [0.25, 0.3) is 0 Å². The Hall–Kier alpha value is -3.20. The van der Waals surface area contributed by atoms with Crippen molar-refractivity contribution < 1.29 is 14.4 Å². The summed E-state index contributed by atoms with van der Waals surface area (Å²) in [6.07, 6.45) is 6.24. The van der Waals surface area contributed by atoms with Gasteiger partial charge in [0.1, 0.15) is 5.82 Å². The van der Waals surface area contributed by atoms with Gasteiger partial charge in [-0.15, -0.1) is 0 Å². The minimum absolute atomic E-state index is 0.0965. The standard InChI is InChI=1S/C22H30N6O3/c1-3-27(14-21(30)25-18-10-8-17(9-11-18)24-16(2)29)15-22(31)26-20-12-13-23-28(20)19-6-4-5-7-19/h8-13,19H,3-7,14-15H2,1-2H3,(H,24,29)(H,25,30)(H,26,31). The monoisotopic (exact) mass is 426 g/mol. The second-order valence-corrected chi connectivity index (χ2v) is 7.76. The molecule has 1 fully saturated rings. The number of hydrogen-bond donors (Lipinski definition) is 3. The number of benzene rings is 1. The maximum absolute atomic E-state index is 12.6. The zero-order valence-electron chi connectivity index (χ0n) is 18.1. The lowest BCUT2D eigenvalue weighted by Crippen LogP contribution is -2.39. The van der Waals surface area contributed by atoms with E-state index in [0.29, 0.717) is 29.8 Å². The molecule has 3 amide bonds. The second kappa shape index (κ2) is 10.7. The van der Waals surface area contributed by atoms with E-state index in [0.717, 1.165) is 12.8 Å². The van der Waals surface area contributed by atoms with E-state index in [1.807, 2.05) is 17.7 Å². The van der Waals surface area contributed by atoms with Crippen LogP contribution in [0.5, 0.6) is 0 Å². The number of amides is 3. The van der Waals surface area contributed by atoms with Crippen LogP contribution in [0.3, 0.4) is 0 Å². The fourth-order valence-electron chi connectivity index (χ4n) is 3.76. The Morgan fingerprint density at radius 3 is 2.13 bits per heavy atom. The maximum Gasteiger partial charge on any atom is 0.239 e. The molecule has 31 heavy (non-hydrogen) atoms. The fraction of sp³-hybridized carbons (Fsp3) is 0.455. The number of carbonyl (C=O) groups is 3. The smallest absolute Gasteiger partial charge is 0.239 e. The Bertz CT molecular complexity index is 902. The van der Waals surface area contributed by atoms with E-state index in [1.165, 1.54) is 19.8 Å². The van der Waals surface area contributed by atoms with Crippen LogP contribution in [-0.2, 0) is 14.4 Å². The lowest BCUT2D eigenvalue weighted by Gasteiger charge is -2.20. The van der Waals surface area contributed by atoms with E-state index in [1.54, 1.807) is 35.4 Å². The topological polar surface area (TPSA) is 108 Å². The molecular weight excluding hydrogens is 396 g/mol. The highest BCUT2D eigenvalue weighted by Crippen LogP contribution is 2.31. The Morgan fingerprint density at radius 2 is 1.55 bits per heavy atom. The predicted octanol–water partition coefficient (Wildman–Crippen LogP) is 2.86. The SMILES string of the molecule is CCN(CC(=O)Nc1ccc(NC(C)=O)cc1)CC(=O)Nc1ccnn1C1CCCC1. The minimum Gasteiger partial charge on any atom is -0.326 e. The summed E-state index contributed by atoms with van der Waals surface area (Å²) in [5.41, 5.74) is 1.29. The van der Waals surface area contributed by atoms with Gasteiger partial charge in [0, 0.05) is 24.4 Å². The van der Waals surface area contributed by atoms with Gasteiger partial charge >= 0.3 is 0 Å². The molecule has 2 aromatic rings. The molecule has 1 aromatic heterocycles. The van der Waals surface area contributed by atoms with Crippen LogP contribution in [0, 0.1) is 0 Å². The molecule has 1 aliphatic rings. The van der Waals surface area contributed by atoms with E-state index in [-0.39, 0.29) is 30.8 Å². The van der Waals surface area contributed by atoms with Gasteiger partial charge in [0.2, 0.25) is 17.7 Å². The number of rotatable bonds is 9. The molecule has 0 saturated heterocycles. The molecule has 1 aliphatic carbocycles. The average molecular weight is 427 g/mol. The number of nitrogens with one attached hydrogen (secondary N) is 3. The van der Waals surface area contributed by atoms with Crippen LogP contribution in [0.1, 0.15) is 45.6 Å². The number of nitrogens with zero attached hydrogens (tertiary/aromatic N) is 3. The maximum atomic E-state index is 12.6. The average Bonchev–Trinajstić information content (AvgIpc) is 3.40. The van der Waals surface area contributed by atoms with Crippen LogP contribution in [0.2, 0.25) is 0 Å². The van der Waals surface area contributed by atoms with Crippen molar-refractivity contribution in [3.63, 3.8) is 0 Å². The lowest BCUT2D eigenvalue weighted by molar-refractivity contribution is -0.120.